The molecule has 3 amide bonds. The monoisotopic (exact) mass is 296 g/mol. The molecule has 0 spiro atoms. The summed E-state index contributed by atoms with van der Waals surface area (Å²) in [6.45, 7) is 7.83. The highest BCUT2D eigenvalue weighted by Crippen LogP contribution is 2.24. The Kier molecular flexibility index (Phi) is 5.08. The molecule has 2 atom stereocenters. The zero-order chi connectivity index (χ0) is 15.6. The molecule has 0 aromatic carbocycles. The van der Waals surface area contributed by atoms with E-state index in [0.717, 1.165) is 13.0 Å². The Bertz CT molecular complexity index is 389. The van der Waals surface area contributed by atoms with Gasteiger partial charge in [-0.2, -0.15) is 0 Å². The van der Waals surface area contributed by atoms with Crippen LogP contribution in [0.5, 0.6) is 0 Å². The van der Waals surface area contributed by atoms with Gasteiger partial charge >= 0.3 is 6.03 Å². The van der Waals surface area contributed by atoms with Gasteiger partial charge in [-0.1, -0.05) is 13.8 Å². The zero-order valence-corrected chi connectivity index (χ0v) is 13.6. The summed E-state index contributed by atoms with van der Waals surface area (Å²) >= 11 is 0. The first-order valence-electron chi connectivity index (χ1n) is 7.90. The SMILES string of the molecule is CC(C)C1NCCC1C(=O)N1CCN(C(=O)N(C)C)CC1. The molecule has 2 fully saturated rings. The van der Waals surface area contributed by atoms with E-state index in [9.17, 15) is 9.59 Å². The van der Waals surface area contributed by atoms with E-state index in [1.54, 1.807) is 19.0 Å². The van der Waals surface area contributed by atoms with Crippen LogP contribution >= 0.6 is 0 Å². The molecule has 0 aliphatic carbocycles. The van der Waals surface area contributed by atoms with Crippen molar-refractivity contribution in [3.8, 4) is 0 Å². The number of rotatable bonds is 2. The molecule has 6 heteroatoms. The molecule has 2 rings (SSSR count). The van der Waals surface area contributed by atoms with Crippen molar-refractivity contribution in [1.82, 2.24) is 20.0 Å². The lowest BCUT2D eigenvalue weighted by Gasteiger charge is -2.38. The van der Waals surface area contributed by atoms with Crippen LogP contribution in [0.2, 0.25) is 0 Å². The van der Waals surface area contributed by atoms with Crippen LogP contribution in [0.25, 0.3) is 0 Å². The van der Waals surface area contributed by atoms with Crippen LogP contribution in [0.1, 0.15) is 20.3 Å². The Morgan fingerprint density at radius 3 is 2.19 bits per heavy atom. The average molecular weight is 296 g/mol. The van der Waals surface area contributed by atoms with Gasteiger partial charge in [0.1, 0.15) is 0 Å². The number of hydrogen-bond acceptors (Lipinski definition) is 3. The molecule has 21 heavy (non-hydrogen) atoms. The van der Waals surface area contributed by atoms with Gasteiger partial charge in [-0.3, -0.25) is 4.79 Å². The maximum Gasteiger partial charge on any atom is 0.319 e. The number of carbonyl (C=O) groups is 2. The molecule has 0 saturated carbocycles. The van der Waals surface area contributed by atoms with Gasteiger partial charge in [0, 0.05) is 46.3 Å². The molecule has 0 aromatic rings. The molecule has 2 heterocycles. The Labute approximate surface area is 127 Å². The zero-order valence-electron chi connectivity index (χ0n) is 13.6. The van der Waals surface area contributed by atoms with Gasteiger partial charge in [-0.25, -0.2) is 4.79 Å². The highest BCUT2D eigenvalue weighted by Gasteiger charge is 2.37. The number of hydrogen-bond donors (Lipinski definition) is 1. The topological polar surface area (TPSA) is 55.9 Å². The molecule has 0 aromatic heterocycles. The van der Waals surface area contributed by atoms with Gasteiger partial charge in [0.2, 0.25) is 5.91 Å². The average Bonchev–Trinajstić information content (AvgIpc) is 2.95. The number of urea groups is 1. The van der Waals surface area contributed by atoms with E-state index >= 15 is 0 Å². The molecular weight excluding hydrogens is 268 g/mol. The molecule has 120 valence electrons. The van der Waals surface area contributed by atoms with E-state index in [2.05, 4.69) is 19.2 Å². The van der Waals surface area contributed by atoms with Crippen molar-refractivity contribution in [2.75, 3.05) is 46.8 Å². The van der Waals surface area contributed by atoms with Crippen LogP contribution in [-0.2, 0) is 4.79 Å². The summed E-state index contributed by atoms with van der Waals surface area (Å²) in [7, 11) is 3.52. The third-order valence-electron chi connectivity index (χ3n) is 4.55. The van der Waals surface area contributed by atoms with E-state index < -0.39 is 0 Å². The van der Waals surface area contributed by atoms with Crippen LogP contribution in [0.4, 0.5) is 4.79 Å². The maximum atomic E-state index is 12.7. The van der Waals surface area contributed by atoms with Crippen molar-refractivity contribution in [1.29, 1.82) is 0 Å². The van der Waals surface area contributed by atoms with Crippen LogP contribution in [0.3, 0.4) is 0 Å². The van der Waals surface area contributed by atoms with Crippen molar-refractivity contribution in [3.63, 3.8) is 0 Å². The van der Waals surface area contributed by atoms with Crippen molar-refractivity contribution in [3.05, 3.63) is 0 Å². The first-order valence-corrected chi connectivity index (χ1v) is 7.90. The van der Waals surface area contributed by atoms with Crippen LogP contribution in [0, 0.1) is 11.8 Å². The number of nitrogens with one attached hydrogen (secondary N) is 1. The summed E-state index contributed by atoms with van der Waals surface area (Å²) < 4.78 is 0. The summed E-state index contributed by atoms with van der Waals surface area (Å²) in [4.78, 5) is 30.0. The standard InChI is InChI=1S/C15H28N4O2/c1-11(2)13-12(5-6-16-13)14(20)18-7-9-19(10-8-18)15(21)17(3)4/h11-13,16H,5-10H2,1-4H3. The Morgan fingerprint density at radius 1 is 1.10 bits per heavy atom. The van der Waals surface area contributed by atoms with Gasteiger partial charge < -0.3 is 20.0 Å². The van der Waals surface area contributed by atoms with Crippen molar-refractivity contribution >= 4 is 11.9 Å². The van der Waals surface area contributed by atoms with Crippen LogP contribution in [-0.4, -0.2) is 79.5 Å². The highest BCUT2D eigenvalue weighted by atomic mass is 16.2. The van der Waals surface area contributed by atoms with E-state index in [4.69, 9.17) is 0 Å². The largest absolute Gasteiger partial charge is 0.339 e. The van der Waals surface area contributed by atoms with Gasteiger partial charge in [-0.15, -0.1) is 0 Å². The van der Waals surface area contributed by atoms with Crippen molar-refractivity contribution in [2.24, 2.45) is 11.8 Å². The minimum atomic E-state index is 0.0321. The molecule has 0 bridgehead atoms. The molecule has 1 N–H and O–H groups in total. The first kappa shape index (κ1) is 16.1. The van der Waals surface area contributed by atoms with Gasteiger partial charge in [0.15, 0.2) is 0 Å². The number of amides is 3. The first-order chi connectivity index (χ1) is 9.91. The van der Waals surface area contributed by atoms with Gasteiger partial charge in [0.25, 0.3) is 0 Å². The molecule has 0 radical (unpaired) electrons. The van der Waals surface area contributed by atoms with E-state index in [1.165, 1.54) is 0 Å². The number of nitrogens with zero attached hydrogens (tertiary/aromatic N) is 3. The Hall–Kier alpha value is -1.30. The molecule has 2 unspecified atom stereocenters. The molecule has 2 aliphatic rings. The van der Waals surface area contributed by atoms with E-state index in [-0.39, 0.29) is 17.9 Å². The Morgan fingerprint density at radius 2 is 1.67 bits per heavy atom. The summed E-state index contributed by atoms with van der Waals surface area (Å²) in [5.41, 5.74) is 0. The lowest BCUT2D eigenvalue weighted by molar-refractivity contribution is -0.137. The molecule has 6 nitrogen and oxygen atoms in total. The van der Waals surface area contributed by atoms with E-state index in [1.807, 2.05) is 9.80 Å². The second-order valence-electron chi connectivity index (χ2n) is 6.61. The normalized spacial score (nSPS) is 26.3. The van der Waals surface area contributed by atoms with Gasteiger partial charge in [-0.05, 0) is 18.9 Å². The van der Waals surface area contributed by atoms with Crippen LogP contribution < -0.4 is 5.32 Å². The lowest BCUT2D eigenvalue weighted by atomic mass is 9.90. The second-order valence-corrected chi connectivity index (χ2v) is 6.61. The highest BCUT2D eigenvalue weighted by molar-refractivity contribution is 5.80. The smallest absolute Gasteiger partial charge is 0.319 e. The van der Waals surface area contributed by atoms with Gasteiger partial charge in [0.05, 0.1) is 5.92 Å². The fourth-order valence-corrected chi connectivity index (χ4v) is 3.34. The summed E-state index contributed by atoms with van der Waals surface area (Å²) in [5, 5.41) is 3.45. The number of carbonyl (C=O) groups excluding carboxylic acids is 2. The second kappa shape index (κ2) is 6.64. The third-order valence-corrected chi connectivity index (χ3v) is 4.55. The minimum absolute atomic E-state index is 0.0321. The fraction of sp³-hybridized carbons (Fsp3) is 0.867. The lowest BCUT2D eigenvalue weighted by Crippen LogP contribution is -2.55. The maximum absolute atomic E-state index is 12.7. The van der Waals surface area contributed by atoms with Crippen molar-refractivity contribution < 1.29 is 9.59 Å². The van der Waals surface area contributed by atoms with Crippen molar-refractivity contribution in [2.45, 2.75) is 26.3 Å². The number of piperazine rings is 1. The fourth-order valence-electron chi connectivity index (χ4n) is 3.34. The van der Waals surface area contributed by atoms with E-state index in [0.29, 0.717) is 38.1 Å². The molecule has 2 aliphatic heterocycles. The predicted molar refractivity (Wildman–Crippen MR) is 82.0 cm³/mol. The summed E-state index contributed by atoms with van der Waals surface area (Å²) in [5.74, 6) is 0.829. The predicted octanol–water partition coefficient (Wildman–Crippen LogP) is 0.446. The Balaban J connectivity index is 1.90. The third kappa shape index (κ3) is 3.48. The molecule has 2 saturated heterocycles. The quantitative estimate of drug-likeness (QED) is 0.805. The summed E-state index contributed by atoms with van der Waals surface area (Å²) in [6, 6.07) is 0.323. The minimum Gasteiger partial charge on any atom is -0.339 e. The summed E-state index contributed by atoms with van der Waals surface area (Å²) in [6.07, 6.45) is 0.929. The van der Waals surface area contributed by atoms with Crippen LogP contribution in [0.15, 0.2) is 0 Å². The molecular formula is C15H28N4O2.